The van der Waals surface area contributed by atoms with Gasteiger partial charge in [0.2, 0.25) is 0 Å². The van der Waals surface area contributed by atoms with E-state index in [4.69, 9.17) is 0 Å². The van der Waals surface area contributed by atoms with Crippen LogP contribution in [0.15, 0.2) is 108 Å². The quantitative estimate of drug-likeness (QED) is 0.228. The van der Waals surface area contributed by atoms with E-state index in [9.17, 15) is 0 Å². The molecule has 0 unspecified atom stereocenters. The first kappa shape index (κ1) is 16.8. The van der Waals surface area contributed by atoms with Gasteiger partial charge in [0.1, 0.15) is 0 Å². The lowest BCUT2D eigenvalue weighted by Crippen LogP contribution is -1.83. The van der Waals surface area contributed by atoms with Crippen LogP contribution in [0.25, 0.3) is 54.2 Å². The summed E-state index contributed by atoms with van der Waals surface area (Å²) in [4.78, 5) is 0. The Balaban J connectivity index is 1.61. The third-order valence-corrected chi connectivity index (χ3v) is 6.37. The van der Waals surface area contributed by atoms with Gasteiger partial charge in [-0.3, -0.25) is 0 Å². The summed E-state index contributed by atoms with van der Waals surface area (Å²) in [6, 6.07) is 37.6. The Labute approximate surface area is 177 Å². The summed E-state index contributed by atoms with van der Waals surface area (Å²) in [6.07, 6.45) is 0. The van der Waals surface area contributed by atoms with Crippen molar-refractivity contribution in [1.29, 1.82) is 0 Å². The third-order valence-electron chi connectivity index (χ3n) is 5.88. The molecule has 0 aliphatic rings. The minimum atomic E-state index is 1.11. The Kier molecular flexibility index (Phi) is 3.72. The van der Waals surface area contributed by atoms with Gasteiger partial charge in [0.15, 0.2) is 0 Å². The van der Waals surface area contributed by atoms with Crippen molar-refractivity contribution in [2.45, 2.75) is 0 Å². The maximum absolute atomic E-state index is 3.56. The zero-order valence-electron chi connectivity index (χ0n) is 15.7. The standard InChI is InChI=1S/C28H17Br/c29-24-12-9-21-15-20(7-8-22(21)16-24)23-6-5-19-11-13-26-25-4-2-1-3-18(25)10-14-27(26)28(19)17-23/h1-17H. The maximum Gasteiger partial charge on any atom is 0.0181 e. The highest BCUT2D eigenvalue weighted by molar-refractivity contribution is 9.10. The number of hydrogen-bond acceptors (Lipinski definition) is 0. The highest BCUT2D eigenvalue weighted by atomic mass is 79.9. The fourth-order valence-corrected chi connectivity index (χ4v) is 4.77. The van der Waals surface area contributed by atoms with Crippen molar-refractivity contribution in [1.82, 2.24) is 0 Å². The average molecular weight is 433 g/mol. The number of halogens is 1. The first-order valence-corrected chi connectivity index (χ1v) is 10.6. The second-order valence-electron chi connectivity index (χ2n) is 7.59. The molecule has 0 spiro atoms. The number of hydrogen-bond donors (Lipinski definition) is 0. The summed E-state index contributed by atoms with van der Waals surface area (Å²) >= 11 is 3.56. The Morgan fingerprint density at radius 3 is 1.83 bits per heavy atom. The van der Waals surface area contributed by atoms with Gasteiger partial charge < -0.3 is 0 Å². The van der Waals surface area contributed by atoms with Crippen LogP contribution < -0.4 is 0 Å². The summed E-state index contributed by atoms with van der Waals surface area (Å²) in [5.41, 5.74) is 2.50. The van der Waals surface area contributed by atoms with Gasteiger partial charge >= 0.3 is 0 Å². The van der Waals surface area contributed by atoms with Crippen molar-refractivity contribution in [3.8, 4) is 11.1 Å². The lowest BCUT2D eigenvalue weighted by atomic mass is 9.94. The van der Waals surface area contributed by atoms with Crippen molar-refractivity contribution < 1.29 is 0 Å². The Bertz CT molecular complexity index is 1560. The fourth-order valence-electron chi connectivity index (χ4n) is 4.39. The first-order valence-electron chi connectivity index (χ1n) is 9.80. The monoisotopic (exact) mass is 432 g/mol. The number of fused-ring (bicyclic) bond motifs is 6. The lowest BCUT2D eigenvalue weighted by Gasteiger charge is -2.10. The van der Waals surface area contributed by atoms with Crippen LogP contribution in [0, 0.1) is 0 Å². The molecule has 0 N–H and O–H groups in total. The predicted molar refractivity (Wildman–Crippen MR) is 130 cm³/mol. The minimum Gasteiger partial charge on any atom is -0.0616 e. The molecule has 0 aliphatic carbocycles. The molecule has 0 saturated carbocycles. The molecule has 0 radical (unpaired) electrons. The molecule has 6 rings (SSSR count). The summed E-state index contributed by atoms with van der Waals surface area (Å²) in [6.45, 7) is 0. The molecule has 136 valence electrons. The second-order valence-corrected chi connectivity index (χ2v) is 8.51. The van der Waals surface area contributed by atoms with Crippen LogP contribution in [0.3, 0.4) is 0 Å². The van der Waals surface area contributed by atoms with E-state index < -0.39 is 0 Å². The van der Waals surface area contributed by atoms with Crippen LogP contribution in [0.5, 0.6) is 0 Å². The lowest BCUT2D eigenvalue weighted by molar-refractivity contribution is 1.66. The molecule has 0 saturated heterocycles. The summed E-state index contributed by atoms with van der Waals surface area (Å²) in [5.74, 6) is 0. The maximum atomic E-state index is 3.56. The smallest absolute Gasteiger partial charge is 0.0181 e. The molecule has 0 amide bonds. The SMILES string of the molecule is Brc1ccc2cc(-c3ccc4ccc5c6ccccc6ccc5c4c3)ccc2c1. The minimum absolute atomic E-state index is 1.11. The van der Waals surface area contributed by atoms with Crippen LogP contribution in [0.1, 0.15) is 0 Å². The van der Waals surface area contributed by atoms with E-state index in [2.05, 4.69) is 119 Å². The second kappa shape index (κ2) is 6.43. The average Bonchev–Trinajstić information content (AvgIpc) is 2.78. The van der Waals surface area contributed by atoms with Crippen molar-refractivity contribution in [2.24, 2.45) is 0 Å². The van der Waals surface area contributed by atoms with Crippen LogP contribution >= 0.6 is 15.9 Å². The largest absolute Gasteiger partial charge is 0.0616 e. The molecule has 1 heteroatoms. The Morgan fingerprint density at radius 1 is 0.379 bits per heavy atom. The summed E-state index contributed by atoms with van der Waals surface area (Å²) < 4.78 is 1.11. The summed E-state index contributed by atoms with van der Waals surface area (Å²) in [7, 11) is 0. The molecule has 0 atom stereocenters. The molecular weight excluding hydrogens is 416 g/mol. The molecular formula is C28H17Br. The van der Waals surface area contributed by atoms with Crippen LogP contribution in [0.4, 0.5) is 0 Å². The van der Waals surface area contributed by atoms with E-state index in [0.29, 0.717) is 0 Å². The van der Waals surface area contributed by atoms with Gasteiger partial charge in [-0.2, -0.15) is 0 Å². The first-order chi connectivity index (χ1) is 14.3. The zero-order valence-corrected chi connectivity index (χ0v) is 17.3. The van der Waals surface area contributed by atoms with E-state index >= 15 is 0 Å². The van der Waals surface area contributed by atoms with E-state index in [0.717, 1.165) is 4.47 Å². The molecule has 0 heterocycles. The van der Waals surface area contributed by atoms with Gasteiger partial charge in [-0.15, -0.1) is 0 Å². The van der Waals surface area contributed by atoms with E-state index in [-0.39, 0.29) is 0 Å². The molecule has 0 aliphatic heterocycles. The molecule has 0 bridgehead atoms. The number of benzene rings is 6. The van der Waals surface area contributed by atoms with E-state index in [1.807, 2.05) is 0 Å². The van der Waals surface area contributed by atoms with Crippen molar-refractivity contribution >= 4 is 59.0 Å². The molecule has 6 aromatic rings. The van der Waals surface area contributed by atoms with Crippen LogP contribution in [0.2, 0.25) is 0 Å². The summed E-state index contributed by atoms with van der Waals surface area (Å²) in [5, 5.41) is 10.3. The number of rotatable bonds is 1. The van der Waals surface area contributed by atoms with Gasteiger partial charge in [0, 0.05) is 4.47 Å². The van der Waals surface area contributed by atoms with Crippen molar-refractivity contribution in [3.63, 3.8) is 0 Å². The van der Waals surface area contributed by atoms with Gasteiger partial charge in [-0.25, -0.2) is 0 Å². The normalized spacial score (nSPS) is 11.6. The third kappa shape index (κ3) is 2.73. The van der Waals surface area contributed by atoms with Gasteiger partial charge in [-0.05, 0) is 78.5 Å². The Hall–Kier alpha value is -3.16. The van der Waals surface area contributed by atoms with Crippen molar-refractivity contribution in [3.05, 3.63) is 108 Å². The molecule has 0 nitrogen and oxygen atoms in total. The van der Waals surface area contributed by atoms with Crippen LogP contribution in [-0.2, 0) is 0 Å². The van der Waals surface area contributed by atoms with Crippen molar-refractivity contribution in [2.75, 3.05) is 0 Å². The predicted octanol–water partition coefficient (Wildman–Crippen LogP) is 8.73. The van der Waals surface area contributed by atoms with E-state index in [1.54, 1.807) is 0 Å². The Morgan fingerprint density at radius 2 is 0.966 bits per heavy atom. The topological polar surface area (TPSA) is 0 Å². The molecule has 0 fully saturated rings. The van der Waals surface area contributed by atoms with Gasteiger partial charge in [0.25, 0.3) is 0 Å². The highest BCUT2D eigenvalue weighted by Gasteiger charge is 2.07. The molecule has 0 aromatic heterocycles. The molecule has 6 aromatic carbocycles. The van der Waals surface area contributed by atoms with Gasteiger partial charge in [0.05, 0.1) is 0 Å². The molecule has 29 heavy (non-hydrogen) atoms. The highest BCUT2D eigenvalue weighted by Crippen LogP contribution is 2.34. The van der Waals surface area contributed by atoms with E-state index in [1.165, 1.54) is 54.2 Å². The zero-order chi connectivity index (χ0) is 19.4. The fraction of sp³-hybridized carbons (Fsp3) is 0. The van der Waals surface area contributed by atoms with Crippen LogP contribution in [-0.4, -0.2) is 0 Å². The van der Waals surface area contributed by atoms with Gasteiger partial charge in [-0.1, -0.05) is 94.8 Å².